The third-order valence-electron chi connectivity index (χ3n) is 2.69. The highest BCUT2D eigenvalue weighted by molar-refractivity contribution is 5.82. The largest absolute Gasteiger partial charge is 0.373 e. The Hall–Kier alpha value is -1.85. The van der Waals surface area contributed by atoms with E-state index in [9.17, 15) is 4.79 Å². The molecule has 0 saturated carbocycles. The topological polar surface area (TPSA) is 70.2 Å². The number of nitrogens with one attached hydrogen (secondary N) is 2. The standard InChI is InChI=1S/C11H17N5O/c1-3-8-14-9(12-2)6-10(15-8)16-5-4-13-11(17)7-16/h6H,3-5,7H2,1-2H3,(H,13,17)(H,12,14,15). The van der Waals surface area contributed by atoms with Crippen LogP contribution in [0.5, 0.6) is 0 Å². The molecule has 2 rings (SSSR count). The summed E-state index contributed by atoms with van der Waals surface area (Å²) in [4.78, 5) is 22.1. The Kier molecular flexibility index (Phi) is 3.41. The molecule has 92 valence electrons. The Morgan fingerprint density at radius 2 is 2.35 bits per heavy atom. The molecule has 0 aliphatic carbocycles. The number of aromatic nitrogens is 2. The summed E-state index contributed by atoms with van der Waals surface area (Å²) < 4.78 is 0. The van der Waals surface area contributed by atoms with Gasteiger partial charge in [-0.15, -0.1) is 0 Å². The third kappa shape index (κ3) is 2.64. The smallest absolute Gasteiger partial charge is 0.239 e. The van der Waals surface area contributed by atoms with Gasteiger partial charge in [0.1, 0.15) is 17.5 Å². The zero-order valence-electron chi connectivity index (χ0n) is 10.2. The van der Waals surface area contributed by atoms with Crippen molar-refractivity contribution >= 4 is 17.5 Å². The van der Waals surface area contributed by atoms with Crippen molar-refractivity contribution in [2.24, 2.45) is 0 Å². The van der Waals surface area contributed by atoms with Crippen LogP contribution in [0.3, 0.4) is 0 Å². The van der Waals surface area contributed by atoms with Crippen LogP contribution in [0.15, 0.2) is 6.07 Å². The summed E-state index contributed by atoms with van der Waals surface area (Å²) in [5, 5.41) is 5.81. The van der Waals surface area contributed by atoms with E-state index in [1.165, 1.54) is 0 Å². The quantitative estimate of drug-likeness (QED) is 0.772. The number of rotatable bonds is 3. The van der Waals surface area contributed by atoms with E-state index in [2.05, 4.69) is 20.6 Å². The second kappa shape index (κ2) is 4.99. The van der Waals surface area contributed by atoms with Crippen molar-refractivity contribution in [2.45, 2.75) is 13.3 Å². The minimum absolute atomic E-state index is 0.0407. The lowest BCUT2D eigenvalue weighted by Gasteiger charge is -2.28. The number of aryl methyl sites for hydroxylation is 1. The fourth-order valence-electron chi connectivity index (χ4n) is 1.77. The molecule has 0 atom stereocenters. The summed E-state index contributed by atoms with van der Waals surface area (Å²) >= 11 is 0. The first-order valence-electron chi connectivity index (χ1n) is 5.80. The molecular weight excluding hydrogens is 218 g/mol. The van der Waals surface area contributed by atoms with Crippen LogP contribution in [0.25, 0.3) is 0 Å². The molecule has 0 spiro atoms. The monoisotopic (exact) mass is 235 g/mol. The third-order valence-corrected chi connectivity index (χ3v) is 2.69. The van der Waals surface area contributed by atoms with Crippen molar-refractivity contribution in [2.75, 3.05) is 36.9 Å². The van der Waals surface area contributed by atoms with Crippen LogP contribution in [-0.4, -0.2) is 42.6 Å². The van der Waals surface area contributed by atoms with E-state index < -0.39 is 0 Å². The fourth-order valence-corrected chi connectivity index (χ4v) is 1.77. The molecule has 6 heteroatoms. The first-order chi connectivity index (χ1) is 8.22. The summed E-state index contributed by atoms with van der Waals surface area (Å²) in [6.07, 6.45) is 0.780. The second-order valence-electron chi connectivity index (χ2n) is 3.90. The lowest BCUT2D eigenvalue weighted by Crippen LogP contribution is -2.48. The van der Waals surface area contributed by atoms with E-state index in [1.54, 1.807) is 0 Å². The summed E-state index contributed by atoms with van der Waals surface area (Å²) in [6, 6.07) is 1.87. The molecule has 0 unspecified atom stereocenters. The molecule has 0 aromatic carbocycles. The van der Waals surface area contributed by atoms with Gasteiger partial charge in [0, 0.05) is 32.6 Å². The van der Waals surface area contributed by atoms with Gasteiger partial charge in [0.05, 0.1) is 6.54 Å². The van der Waals surface area contributed by atoms with Gasteiger partial charge in [0.15, 0.2) is 0 Å². The molecule has 17 heavy (non-hydrogen) atoms. The van der Waals surface area contributed by atoms with Gasteiger partial charge in [-0.05, 0) is 0 Å². The summed E-state index contributed by atoms with van der Waals surface area (Å²) in [5.74, 6) is 2.44. The molecule has 1 amide bonds. The Labute approximate surface area is 100 Å². The maximum Gasteiger partial charge on any atom is 0.239 e. The van der Waals surface area contributed by atoms with Crippen LogP contribution >= 0.6 is 0 Å². The molecule has 1 aromatic rings. The number of carbonyl (C=O) groups excluding carboxylic acids is 1. The number of piperazine rings is 1. The van der Waals surface area contributed by atoms with Crippen LogP contribution < -0.4 is 15.5 Å². The van der Waals surface area contributed by atoms with Crippen molar-refractivity contribution in [1.82, 2.24) is 15.3 Å². The number of hydrogen-bond acceptors (Lipinski definition) is 5. The predicted molar refractivity (Wildman–Crippen MR) is 66.2 cm³/mol. The molecule has 0 bridgehead atoms. The summed E-state index contributed by atoms with van der Waals surface area (Å²) in [5.41, 5.74) is 0. The Morgan fingerprint density at radius 3 is 3.00 bits per heavy atom. The Morgan fingerprint density at radius 1 is 1.53 bits per heavy atom. The van der Waals surface area contributed by atoms with Gasteiger partial charge in [0.25, 0.3) is 0 Å². The summed E-state index contributed by atoms with van der Waals surface area (Å²) in [6.45, 7) is 3.83. The molecule has 2 heterocycles. The van der Waals surface area contributed by atoms with Crippen LogP contribution in [0.1, 0.15) is 12.7 Å². The van der Waals surface area contributed by atoms with E-state index in [-0.39, 0.29) is 5.91 Å². The van der Waals surface area contributed by atoms with Gasteiger partial charge >= 0.3 is 0 Å². The highest BCUT2D eigenvalue weighted by Crippen LogP contribution is 2.16. The molecule has 1 saturated heterocycles. The van der Waals surface area contributed by atoms with Gasteiger partial charge in [-0.1, -0.05) is 6.92 Å². The van der Waals surface area contributed by atoms with Crippen molar-refractivity contribution in [3.8, 4) is 0 Å². The highest BCUT2D eigenvalue weighted by atomic mass is 16.2. The Balaban J connectivity index is 2.26. The number of amides is 1. The molecule has 1 aliphatic rings. The van der Waals surface area contributed by atoms with Gasteiger partial charge in [0.2, 0.25) is 5.91 Å². The number of hydrogen-bond donors (Lipinski definition) is 2. The van der Waals surface area contributed by atoms with Gasteiger partial charge in [-0.2, -0.15) is 0 Å². The minimum Gasteiger partial charge on any atom is -0.373 e. The second-order valence-corrected chi connectivity index (χ2v) is 3.90. The van der Waals surface area contributed by atoms with Crippen LogP contribution in [0.2, 0.25) is 0 Å². The maximum atomic E-state index is 11.3. The molecule has 2 N–H and O–H groups in total. The van der Waals surface area contributed by atoms with E-state index in [1.807, 2.05) is 24.9 Å². The van der Waals surface area contributed by atoms with Gasteiger partial charge < -0.3 is 15.5 Å². The van der Waals surface area contributed by atoms with Crippen LogP contribution in [0.4, 0.5) is 11.6 Å². The SMILES string of the molecule is CCc1nc(NC)cc(N2CCNC(=O)C2)n1. The lowest BCUT2D eigenvalue weighted by atomic mass is 10.3. The molecule has 1 aromatic heterocycles. The zero-order chi connectivity index (χ0) is 12.3. The summed E-state index contributed by atoms with van der Waals surface area (Å²) in [7, 11) is 1.83. The van der Waals surface area contributed by atoms with Crippen molar-refractivity contribution in [1.29, 1.82) is 0 Å². The molecule has 0 radical (unpaired) electrons. The van der Waals surface area contributed by atoms with Gasteiger partial charge in [-0.3, -0.25) is 4.79 Å². The number of nitrogens with zero attached hydrogens (tertiary/aromatic N) is 3. The van der Waals surface area contributed by atoms with Crippen LogP contribution in [0, 0.1) is 0 Å². The average Bonchev–Trinajstić information content (AvgIpc) is 2.38. The van der Waals surface area contributed by atoms with Crippen LogP contribution in [-0.2, 0) is 11.2 Å². The van der Waals surface area contributed by atoms with E-state index in [0.29, 0.717) is 13.1 Å². The van der Waals surface area contributed by atoms with Crippen molar-refractivity contribution < 1.29 is 4.79 Å². The highest BCUT2D eigenvalue weighted by Gasteiger charge is 2.18. The van der Waals surface area contributed by atoms with Gasteiger partial charge in [-0.25, -0.2) is 9.97 Å². The first-order valence-corrected chi connectivity index (χ1v) is 5.80. The lowest BCUT2D eigenvalue weighted by molar-refractivity contribution is -0.120. The molecule has 6 nitrogen and oxygen atoms in total. The van der Waals surface area contributed by atoms with E-state index >= 15 is 0 Å². The molecule has 1 fully saturated rings. The zero-order valence-corrected chi connectivity index (χ0v) is 10.2. The van der Waals surface area contributed by atoms with Crippen molar-refractivity contribution in [3.05, 3.63) is 11.9 Å². The normalized spacial score (nSPS) is 15.6. The Bertz CT molecular complexity index is 398. The molecule has 1 aliphatic heterocycles. The number of anilines is 2. The fraction of sp³-hybridized carbons (Fsp3) is 0.545. The molecular formula is C11H17N5O. The van der Waals surface area contributed by atoms with Crippen molar-refractivity contribution in [3.63, 3.8) is 0 Å². The minimum atomic E-state index is 0.0407. The van der Waals surface area contributed by atoms with E-state index in [4.69, 9.17) is 0 Å². The first kappa shape index (κ1) is 11.6. The average molecular weight is 235 g/mol. The maximum absolute atomic E-state index is 11.3. The predicted octanol–water partition coefficient (Wildman–Crippen LogP) is 0.0169. The number of carbonyl (C=O) groups is 1. The van der Waals surface area contributed by atoms with E-state index in [0.717, 1.165) is 30.4 Å².